The van der Waals surface area contributed by atoms with Crippen LogP contribution in [-0.2, 0) is 6.42 Å². The molecule has 2 aromatic rings. The molecular weight excluding hydrogens is 238 g/mol. The van der Waals surface area contributed by atoms with Crippen molar-refractivity contribution in [2.75, 3.05) is 13.2 Å². The van der Waals surface area contributed by atoms with E-state index in [0.29, 0.717) is 19.1 Å². The average molecular weight is 259 g/mol. The fraction of sp³-hybridized carbons (Fsp3) is 0.400. The highest BCUT2D eigenvalue weighted by Gasteiger charge is 2.06. The molecular formula is C15H21N3O. The molecule has 0 spiro atoms. The van der Waals surface area contributed by atoms with Gasteiger partial charge in [-0.25, -0.2) is 4.98 Å². The van der Waals surface area contributed by atoms with Crippen molar-refractivity contribution in [2.24, 2.45) is 11.7 Å². The number of rotatable bonds is 6. The molecule has 4 nitrogen and oxygen atoms in total. The van der Waals surface area contributed by atoms with Crippen LogP contribution in [-0.4, -0.2) is 22.7 Å². The minimum absolute atomic E-state index is 0.530. The molecule has 0 bridgehead atoms. The summed E-state index contributed by atoms with van der Waals surface area (Å²) >= 11 is 0. The van der Waals surface area contributed by atoms with Crippen LogP contribution in [0.15, 0.2) is 36.8 Å². The van der Waals surface area contributed by atoms with Gasteiger partial charge < -0.3 is 15.0 Å². The molecule has 0 aliphatic rings. The maximum absolute atomic E-state index is 5.47. The van der Waals surface area contributed by atoms with Crippen LogP contribution in [0.3, 0.4) is 0 Å². The Labute approximate surface area is 114 Å². The lowest BCUT2D eigenvalue weighted by atomic mass is 10.1. The molecule has 0 aliphatic carbocycles. The first-order valence-electron chi connectivity index (χ1n) is 6.65. The second-order valence-corrected chi connectivity index (χ2v) is 4.98. The van der Waals surface area contributed by atoms with E-state index < -0.39 is 0 Å². The van der Waals surface area contributed by atoms with E-state index in [1.165, 1.54) is 5.69 Å². The van der Waals surface area contributed by atoms with Crippen molar-refractivity contribution in [3.05, 3.63) is 42.5 Å². The molecule has 2 rings (SSSR count). The third-order valence-electron chi connectivity index (χ3n) is 2.83. The Kier molecular flexibility index (Phi) is 4.58. The maximum Gasteiger partial charge on any atom is 0.119 e. The summed E-state index contributed by atoms with van der Waals surface area (Å²) in [6.07, 6.45) is 4.80. The predicted octanol–water partition coefficient (Wildman–Crippen LogP) is 2.41. The molecule has 4 heteroatoms. The number of nitrogens with two attached hydrogens (primary N) is 1. The quantitative estimate of drug-likeness (QED) is 0.866. The summed E-state index contributed by atoms with van der Waals surface area (Å²) in [5, 5.41) is 0. The lowest BCUT2D eigenvalue weighted by molar-refractivity contribution is 0.328. The summed E-state index contributed by atoms with van der Waals surface area (Å²) in [6, 6.07) is 8.00. The topological polar surface area (TPSA) is 53.1 Å². The molecule has 0 atom stereocenters. The zero-order valence-corrected chi connectivity index (χ0v) is 11.5. The van der Waals surface area contributed by atoms with Crippen LogP contribution >= 0.6 is 0 Å². The van der Waals surface area contributed by atoms with Crippen LogP contribution < -0.4 is 10.5 Å². The number of benzene rings is 1. The fourth-order valence-corrected chi connectivity index (χ4v) is 2.00. The SMILES string of the molecule is CC(C)Cc1cncn1-c1ccc(OCCN)cc1. The summed E-state index contributed by atoms with van der Waals surface area (Å²) in [7, 11) is 0. The normalized spacial score (nSPS) is 10.9. The second-order valence-electron chi connectivity index (χ2n) is 4.98. The summed E-state index contributed by atoms with van der Waals surface area (Å²) < 4.78 is 7.59. The molecule has 1 aromatic carbocycles. The van der Waals surface area contributed by atoms with Crippen LogP contribution in [0, 0.1) is 5.92 Å². The van der Waals surface area contributed by atoms with Gasteiger partial charge in [0.25, 0.3) is 0 Å². The number of aromatic nitrogens is 2. The molecule has 19 heavy (non-hydrogen) atoms. The number of hydrogen-bond donors (Lipinski definition) is 1. The Hall–Kier alpha value is -1.81. The third kappa shape index (κ3) is 3.58. The maximum atomic E-state index is 5.47. The lowest BCUT2D eigenvalue weighted by Gasteiger charge is -2.11. The molecule has 0 aliphatic heterocycles. The standard InChI is InChI=1S/C15H21N3O/c1-12(2)9-14-10-17-11-18(14)13-3-5-15(6-4-13)19-8-7-16/h3-6,10-12H,7-9,16H2,1-2H3. The smallest absolute Gasteiger partial charge is 0.119 e. The van der Waals surface area contributed by atoms with Crippen LogP contribution in [0.25, 0.3) is 5.69 Å². The predicted molar refractivity (Wildman–Crippen MR) is 76.7 cm³/mol. The first kappa shape index (κ1) is 13.6. The Morgan fingerprint density at radius 2 is 2.00 bits per heavy atom. The molecule has 102 valence electrons. The van der Waals surface area contributed by atoms with Gasteiger partial charge in [-0.1, -0.05) is 13.8 Å². The molecule has 0 unspecified atom stereocenters. The van der Waals surface area contributed by atoms with Crippen molar-refractivity contribution in [3.8, 4) is 11.4 Å². The van der Waals surface area contributed by atoms with E-state index in [0.717, 1.165) is 17.9 Å². The first-order valence-corrected chi connectivity index (χ1v) is 6.65. The Bertz CT molecular complexity index is 502. The van der Waals surface area contributed by atoms with Gasteiger partial charge in [-0.3, -0.25) is 0 Å². The van der Waals surface area contributed by atoms with E-state index in [4.69, 9.17) is 10.5 Å². The monoisotopic (exact) mass is 259 g/mol. The molecule has 1 heterocycles. The molecule has 0 amide bonds. The van der Waals surface area contributed by atoms with Gasteiger partial charge in [0.05, 0.1) is 6.33 Å². The zero-order valence-electron chi connectivity index (χ0n) is 11.5. The Morgan fingerprint density at radius 1 is 1.26 bits per heavy atom. The third-order valence-corrected chi connectivity index (χ3v) is 2.83. The summed E-state index contributed by atoms with van der Waals surface area (Å²) in [4.78, 5) is 4.24. The molecule has 2 N–H and O–H groups in total. The number of imidazole rings is 1. The highest BCUT2D eigenvalue weighted by molar-refractivity contribution is 5.38. The van der Waals surface area contributed by atoms with Gasteiger partial charge in [-0.2, -0.15) is 0 Å². The molecule has 0 saturated carbocycles. The van der Waals surface area contributed by atoms with E-state index in [-0.39, 0.29) is 0 Å². The van der Waals surface area contributed by atoms with Crippen molar-refractivity contribution in [2.45, 2.75) is 20.3 Å². The molecule has 0 saturated heterocycles. The highest BCUT2D eigenvalue weighted by atomic mass is 16.5. The van der Waals surface area contributed by atoms with E-state index in [1.807, 2.05) is 36.8 Å². The van der Waals surface area contributed by atoms with Gasteiger partial charge in [-0.15, -0.1) is 0 Å². The Morgan fingerprint density at radius 3 is 2.63 bits per heavy atom. The minimum Gasteiger partial charge on any atom is -0.492 e. The van der Waals surface area contributed by atoms with Crippen LogP contribution in [0.4, 0.5) is 0 Å². The van der Waals surface area contributed by atoms with Crippen molar-refractivity contribution < 1.29 is 4.74 Å². The van der Waals surface area contributed by atoms with Crippen LogP contribution in [0.2, 0.25) is 0 Å². The van der Waals surface area contributed by atoms with E-state index in [9.17, 15) is 0 Å². The van der Waals surface area contributed by atoms with Gasteiger partial charge in [0.15, 0.2) is 0 Å². The largest absolute Gasteiger partial charge is 0.492 e. The molecule has 1 aromatic heterocycles. The summed E-state index contributed by atoms with van der Waals surface area (Å²) in [5.74, 6) is 1.46. The van der Waals surface area contributed by atoms with E-state index in [1.54, 1.807) is 0 Å². The van der Waals surface area contributed by atoms with Gasteiger partial charge in [0.1, 0.15) is 12.4 Å². The second kappa shape index (κ2) is 6.38. The number of nitrogens with zero attached hydrogens (tertiary/aromatic N) is 2. The zero-order chi connectivity index (χ0) is 13.7. The first-order chi connectivity index (χ1) is 9.20. The van der Waals surface area contributed by atoms with Crippen molar-refractivity contribution >= 4 is 0 Å². The van der Waals surface area contributed by atoms with Gasteiger partial charge in [0, 0.05) is 24.1 Å². The van der Waals surface area contributed by atoms with Crippen molar-refractivity contribution in [3.63, 3.8) is 0 Å². The highest BCUT2D eigenvalue weighted by Crippen LogP contribution is 2.18. The van der Waals surface area contributed by atoms with Gasteiger partial charge in [0.2, 0.25) is 0 Å². The fourth-order valence-electron chi connectivity index (χ4n) is 2.00. The number of ether oxygens (including phenoxy) is 1. The summed E-state index contributed by atoms with van der Waals surface area (Å²) in [5.41, 5.74) is 7.74. The minimum atomic E-state index is 0.530. The van der Waals surface area contributed by atoms with E-state index >= 15 is 0 Å². The van der Waals surface area contributed by atoms with E-state index in [2.05, 4.69) is 23.4 Å². The van der Waals surface area contributed by atoms with Crippen molar-refractivity contribution in [1.29, 1.82) is 0 Å². The molecule has 0 fully saturated rings. The van der Waals surface area contributed by atoms with Gasteiger partial charge >= 0.3 is 0 Å². The van der Waals surface area contributed by atoms with Gasteiger partial charge in [-0.05, 0) is 36.6 Å². The average Bonchev–Trinajstić information content (AvgIpc) is 2.84. The molecule has 0 radical (unpaired) electrons. The summed E-state index contributed by atoms with van der Waals surface area (Å²) in [6.45, 7) is 5.49. The lowest BCUT2D eigenvalue weighted by Crippen LogP contribution is -2.10. The van der Waals surface area contributed by atoms with Crippen LogP contribution in [0.1, 0.15) is 19.5 Å². The Balaban J connectivity index is 2.15. The number of hydrogen-bond acceptors (Lipinski definition) is 3. The van der Waals surface area contributed by atoms with Crippen molar-refractivity contribution in [1.82, 2.24) is 9.55 Å². The van der Waals surface area contributed by atoms with Crippen LogP contribution in [0.5, 0.6) is 5.75 Å².